The van der Waals surface area contributed by atoms with E-state index in [4.69, 9.17) is 0 Å². The standard InChI is InChI=1S/C22H41N/c1-17-15-20-13-11-9-7-5-4-6-8-10-12-14-22(20)16-23-19(3)21(22)18(17)2/h17-21,23H,4-16H2,1-3H3/t17?,18-,19+,20+,21+,22?/m1/s1. The van der Waals surface area contributed by atoms with Gasteiger partial charge in [0.25, 0.3) is 0 Å². The number of nitrogens with one attached hydrogen (secondary N) is 1. The lowest BCUT2D eigenvalue weighted by Crippen LogP contribution is -2.48. The zero-order chi connectivity index (χ0) is 16.3. The largest absolute Gasteiger partial charge is 0.313 e. The first kappa shape index (κ1) is 17.8. The third kappa shape index (κ3) is 3.65. The molecule has 0 aromatic rings. The average molecular weight is 320 g/mol. The second-order valence-corrected chi connectivity index (χ2v) is 9.42. The molecule has 134 valence electrons. The zero-order valence-electron chi connectivity index (χ0n) is 16.1. The summed E-state index contributed by atoms with van der Waals surface area (Å²) in [4.78, 5) is 0. The van der Waals surface area contributed by atoms with Crippen molar-refractivity contribution < 1.29 is 0 Å². The highest BCUT2D eigenvalue weighted by Crippen LogP contribution is 2.58. The van der Waals surface area contributed by atoms with Gasteiger partial charge in [-0.25, -0.2) is 0 Å². The van der Waals surface area contributed by atoms with Crippen LogP contribution in [0.2, 0.25) is 0 Å². The van der Waals surface area contributed by atoms with E-state index < -0.39 is 0 Å². The third-order valence-corrected chi connectivity index (χ3v) is 8.08. The molecule has 0 radical (unpaired) electrons. The molecule has 0 amide bonds. The first-order valence-corrected chi connectivity index (χ1v) is 10.9. The van der Waals surface area contributed by atoms with Crippen molar-refractivity contribution in [3.63, 3.8) is 0 Å². The summed E-state index contributed by atoms with van der Waals surface area (Å²) in [6.07, 6.45) is 17.9. The third-order valence-electron chi connectivity index (χ3n) is 8.08. The highest BCUT2D eigenvalue weighted by atomic mass is 15.0. The fourth-order valence-corrected chi connectivity index (χ4v) is 6.69. The molecular formula is C22H41N. The first-order chi connectivity index (χ1) is 11.1. The lowest BCUT2D eigenvalue weighted by molar-refractivity contribution is -0.0273. The van der Waals surface area contributed by atoms with E-state index in [9.17, 15) is 0 Å². The quantitative estimate of drug-likeness (QED) is 0.562. The Balaban J connectivity index is 1.79. The minimum Gasteiger partial charge on any atom is -0.313 e. The molecule has 1 spiro atoms. The van der Waals surface area contributed by atoms with E-state index in [0.717, 1.165) is 29.7 Å². The van der Waals surface area contributed by atoms with E-state index in [1.807, 2.05) is 0 Å². The Morgan fingerprint density at radius 3 is 2.09 bits per heavy atom. The van der Waals surface area contributed by atoms with Gasteiger partial charge in [0.15, 0.2) is 0 Å². The van der Waals surface area contributed by atoms with Gasteiger partial charge >= 0.3 is 0 Å². The maximum atomic E-state index is 3.93. The normalized spacial score (nSPS) is 46.8. The van der Waals surface area contributed by atoms with Crippen LogP contribution >= 0.6 is 0 Å². The Hall–Kier alpha value is -0.0400. The van der Waals surface area contributed by atoms with Crippen LogP contribution in [-0.4, -0.2) is 12.6 Å². The zero-order valence-corrected chi connectivity index (χ0v) is 16.1. The molecule has 3 rings (SSSR count). The molecule has 1 aliphatic heterocycles. The Morgan fingerprint density at radius 2 is 1.39 bits per heavy atom. The summed E-state index contributed by atoms with van der Waals surface area (Å²) >= 11 is 0. The molecule has 6 atom stereocenters. The average Bonchev–Trinajstić information content (AvgIpc) is 2.88. The van der Waals surface area contributed by atoms with Crippen molar-refractivity contribution in [2.45, 2.75) is 104 Å². The van der Waals surface area contributed by atoms with Crippen molar-refractivity contribution in [3.05, 3.63) is 0 Å². The van der Waals surface area contributed by atoms with Gasteiger partial charge in [0, 0.05) is 12.6 Å². The summed E-state index contributed by atoms with van der Waals surface area (Å²) in [6, 6.07) is 0.742. The highest BCUT2D eigenvalue weighted by Gasteiger charge is 2.56. The van der Waals surface area contributed by atoms with Gasteiger partial charge in [0.05, 0.1) is 0 Å². The second-order valence-electron chi connectivity index (χ2n) is 9.42. The predicted molar refractivity (Wildman–Crippen MR) is 101 cm³/mol. The maximum Gasteiger partial charge on any atom is 0.00757 e. The number of hydrogen-bond donors (Lipinski definition) is 1. The molecule has 0 aromatic heterocycles. The molecule has 2 saturated carbocycles. The van der Waals surface area contributed by atoms with Gasteiger partial charge in [-0.2, -0.15) is 0 Å². The fourth-order valence-electron chi connectivity index (χ4n) is 6.69. The summed E-state index contributed by atoms with van der Waals surface area (Å²) in [5.41, 5.74) is 0.638. The van der Waals surface area contributed by atoms with Crippen molar-refractivity contribution in [1.29, 1.82) is 0 Å². The fraction of sp³-hybridized carbons (Fsp3) is 1.00. The summed E-state index contributed by atoms with van der Waals surface area (Å²) in [7, 11) is 0. The van der Waals surface area contributed by atoms with Gasteiger partial charge in [-0.1, -0.05) is 71.6 Å². The van der Waals surface area contributed by atoms with Gasteiger partial charge in [0.2, 0.25) is 0 Å². The molecule has 1 heterocycles. The predicted octanol–water partition coefficient (Wildman–Crippen LogP) is 6.18. The smallest absolute Gasteiger partial charge is 0.00757 e. The second kappa shape index (κ2) is 7.89. The molecule has 1 N–H and O–H groups in total. The van der Waals surface area contributed by atoms with Crippen LogP contribution < -0.4 is 5.32 Å². The van der Waals surface area contributed by atoms with Gasteiger partial charge in [-0.15, -0.1) is 0 Å². The van der Waals surface area contributed by atoms with Gasteiger partial charge in [0.1, 0.15) is 0 Å². The topological polar surface area (TPSA) is 12.0 Å². The van der Waals surface area contributed by atoms with Crippen LogP contribution in [0.1, 0.15) is 97.8 Å². The lowest BCUT2D eigenvalue weighted by Gasteiger charge is -2.52. The van der Waals surface area contributed by atoms with Crippen LogP contribution in [0.4, 0.5) is 0 Å². The minimum absolute atomic E-state index is 0.638. The van der Waals surface area contributed by atoms with Gasteiger partial charge in [-0.05, 0) is 55.3 Å². The van der Waals surface area contributed by atoms with Crippen molar-refractivity contribution >= 4 is 0 Å². The Bertz CT molecular complexity index is 365. The van der Waals surface area contributed by atoms with Crippen molar-refractivity contribution in [1.82, 2.24) is 5.32 Å². The minimum atomic E-state index is 0.638. The molecule has 3 fully saturated rings. The van der Waals surface area contributed by atoms with Crippen molar-refractivity contribution in [2.24, 2.45) is 29.1 Å². The van der Waals surface area contributed by atoms with Crippen LogP contribution in [0, 0.1) is 29.1 Å². The number of hydrogen-bond acceptors (Lipinski definition) is 1. The van der Waals surface area contributed by atoms with Crippen molar-refractivity contribution in [3.8, 4) is 0 Å². The SMILES string of the molecule is CC1C[C@@H]2CCCCCCCCCCCC23CN[C@@H](C)[C@@H]3[C@@H]1C. The van der Waals surface area contributed by atoms with Crippen molar-refractivity contribution in [2.75, 3.05) is 6.54 Å². The van der Waals surface area contributed by atoms with E-state index >= 15 is 0 Å². The molecule has 1 nitrogen and oxygen atoms in total. The summed E-state index contributed by atoms with van der Waals surface area (Å²) in [5.74, 6) is 3.77. The Labute approximate surface area is 145 Å². The van der Waals surface area contributed by atoms with E-state index in [-0.39, 0.29) is 0 Å². The molecule has 1 saturated heterocycles. The Kier molecular flexibility index (Phi) is 6.10. The van der Waals surface area contributed by atoms with Crippen LogP contribution in [-0.2, 0) is 0 Å². The molecular weight excluding hydrogens is 278 g/mol. The molecule has 2 unspecified atom stereocenters. The molecule has 2 aliphatic carbocycles. The first-order valence-electron chi connectivity index (χ1n) is 10.9. The lowest BCUT2D eigenvalue weighted by atomic mass is 9.52. The molecule has 0 bridgehead atoms. The van der Waals surface area contributed by atoms with Gasteiger partial charge < -0.3 is 5.32 Å². The van der Waals surface area contributed by atoms with E-state index in [1.54, 1.807) is 0 Å². The maximum absolute atomic E-state index is 3.93. The van der Waals surface area contributed by atoms with E-state index in [2.05, 4.69) is 26.1 Å². The summed E-state index contributed by atoms with van der Waals surface area (Å²) in [6.45, 7) is 8.91. The van der Waals surface area contributed by atoms with Crippen LogP contribution in [0.3, 0.4) is 0 Å². The van der Waals surface area contributed by atoms with Crippen LogP contribution in [0.25, 0.3) is 0 Å². The molecule has 3 aliphatic rings. The van der Waals surface area contributed by atoms with E-state index in [1.165, 1.54) is 83.6 Å². The molecule has 23 heavy (non-hydrogen) atoms. The molecule has 1 heteroatoms. The van der Waals surface area contributed by atoms with Crippen LogP contribution in [0.5, 0.6) is 0 Å². The van der Waals surface area contributed by atoms with E-state index in [0.29, 0.717) is 5.41 Å². The van der Waals surface area contributed by atoms with Crippen LogP contribution in [0.15, 0.2) is 0 Å². The monoisotopic (exact) mass is 319 g/mol. The Morgan fingerprint density at radius 1 is 0.783 bits per heavy atom. The molecule has 0 aromatic carbocycles. The van der Waals surface area contributed by atoms with Gasteiger partial charge in [-0.3, -0.25) is 0 Å². The number of rotatable bonds is 0. The summed E-state index contributed by atoms with van der Waals surface area (Å²) in [5, 5.41) is 3.93. The highest BCUT2D eigenvalue weighted by molar-refractivity contribution is 5.08. The summed E-state index contributed by atoms with van der Waals surface area (Å²) < 4.78 is 0.